The van der Waals surface area contributed by atoms with E-state index in [9.17, 15) is 0 Å². The minimum absolute atomic E-state index is 0.226. The molecular formula is C19H18N2O2. The number of aryl methyl sites for hydroxylation is 1. The molecule has 1 heterocycles. The zero-order chi connectivity index (χ0) is 15.6. The number of anilines is 1. The number of ether oxygens (including phenoxy) is 1. The standard InChI is InChI=1S/C19H18N2O2/c20-19-18-16(10-5-11-17(18)21-23-19)13-6-4-9-15(12-13)22-14-7-2-1-3-8-14/h1-4,6-9,12,16H,5,10-11,20H2. The molecule has 1 aliphatic rings. The summed E-state index contributed by atoms with van der Waals surface area (Å²) in [4.78, 5) is 0. The van der Waals surface area contributed by atoms with Gasteiger partial charge in [-0.3, -0.25) is 0 Å². The van der Waals surface area contributed by atoms with Crippen molar-refractivity contribution in [1.29, 1.82) is 0 Å². The lowest BCUT2D eigenvalue weighted by atomic mass is 9.82. The summed E-state index contributed by atoms with van der Waals surface area (Å²) in [7, 11) is 0. The molecule has 116 valence electrons. The Hall–Kier alpha value is -2.75. The fraction of sp³-hybridized carbons (Fsp3) is 0.211. The second kappa shape index (κ2) is 5.80. The molecule has 2 N–H and O–H groups in total. The molecule has 0 saturated heterocycles. The highest BCUT2D eigenvalue weighted by molar-refractivity contribution is 5.49. The van der Waals surface area contributed by atoms with Gasteiger partial charge >= 0.3 is 0 Å². The fourth-order valence-corrected chi connectivity index (χ4v) is 3.27. The van der Waals surface area contributed by atoms with Crippen molar-refractivity contribution < 1.29 is 9.26 Å². The number of nitrogens with zero attached hydrogens (tertiary/aromatic N) is 1. The first-order chi connectivity index (χ1) is 11.3. The van der Waals surface area contributed by atoms with Crippen LogP contribution in [0.2, 0.25) is 0 Å². The number of rotatable bonds is 3. The lowest BCUT2D eigenvalue weighted by Crippen LogP contribution is -2.11. The van der Waals surface area contributed by atoms with E-state index in [1.165, 1.54) is 5.56 Å². The number of aromatic nitrogens is 1. The molecule has 1 unspecified atom stereocenters. The summed E-state index contributed by atoms with van der Waals surface area (Å²) in [6.07, 6.45) is 3.08. The van der Waals surface area contributed by atoms with Crippen LogP contribution in [0.15, 0.2) is 59.1 Å². The highest BCUT2D eigenvalue weighted by Gasteiger charge is 2.28. The summed E-state index contributed by atoms with van der Waals surface area (Å²) in [5.41, 5.74) is 9.22. The average molecular weight is 306 g/mol. The van der Waals surface area contributed by atoms with Gasteiger partial charge in [-0.1, -0.05) is 35.5 Å². The molecule has 0 fully saturated rings. The molecule has 1 aromatic heterocycles. The molecule has 0 radical (unpaired) electrons. The number of para-hydroxylation sites is 1. The van der Waals surface area contributed by atoms with E-state index in [2.05, 4.69) is 17.3 Å². The number of hydrogen-bond donors (Lipinski definition) is 1. The lowest BCUT2D eigenvalue weighted by Gasteiger charge is -2.22. The Balaban J connectivity index is 1.66. The monoisotopic (exact) mass is 306 g/mol. The molecule has 0 spiro atoms. The van der Waals surface area contributed by atoms with Crippen molar-refractivity contribution >= 4 is 5.88 Å². The van der Waals surface area contributed by atoms with Gasteiger partial charge in [-0.25, -0.2) is 0 Å². The van der Waals surface area contributed by atoms with Crippen molar-refractivity contribution in [2.75, 3.05) is 5.73 Å². The second-order valence-corrected chi connectivity index (χ2v) is 5.84. The topological polar surface area (TPSA) is 61.3 Å². The van der Waals surface area contributed by atoms with E-state index in [1.807, 2.05) is 42.5 Å². The van der Waals surface area contributed by atoms with Crippen LogP contribution in [-0.2, 0) is 6.42 Å². The molecule has 4 nitrogen and oxygen atoms in total. The largest absolute Gasteiger partial charge is 0.457 e. The van der Waals surface area contributed by atoms with Gasteiger partial charge < -0.3 is 15.0 Å². The summed E-state index contributed by atoms with van der Waals surface area (Å²) in [5.74, 6) is 2.33. The highest BCUT2D eigenvalue weighted by Crippen LogP contribution is 2.40. The van der Waals surface area contributed by atoms with Gasteiger partial charge in [0.25, 0.3) is 0 Å². The Morgan fingerprint density at radius 1 is 1.04 bits per heavy atom. The molecule has 23 heavy (non-hydrogen) atoms. The molecule has 2 aromatic carbocycles. The molecule has 4 heteroatoms. The van der Waals surface area contributed by atoms with Crippen LogP contribution in [0.1, 0.15) is 35.6 Å². The van der Waals surface area contributed by atoms with E-state index in [1.54, 1.807) is 0 Å². The Morgan fingerprint density at radius 2 is 1.87 bits per heavy atom. The average Bonchev–Trinajstić information content (AvgIpc) is 2.98. The van der Waals surface area contributed by atoms with Crippen LogP contribution < -0.4 is 10.5 Å². The predicted molar refractivity (Wildman–Crippen MR) is 88.7 cm³/mol. The smallest absolute Gasteiger partial charge is 0.226 e. The number of fused-ring (bicyclic) bond motifs is 1. The van der Waals surface area contributed by atoms with E-state index >= 15 is 0 Å². The summed E-state index contributed by atoms with van der Waals surface area (Å²) < 4.78 is 11.1. The van der Waals surface area contributed by atoms with E-state index in [0.29, 0.717) is 5.88 Å². The maximum absolute atomic E-state index is 5.99. The summed E-state index contributed by atoms with van der Waals surface area (Å²) in [5, 5.41) is 4.09. The van der Waals surface area contributed by atoms with Crippen molar-refractivity contribution in [2.45, 2.75) is 25.2 Å². The van der Waals surface area contributed by atoms with Gasteiger partial charge in [0, 0.05) is 11.5 Å². The van der Waals surface area contributed by atoms with Crippen LogP contribution in [0.25, 0.3) is 0 Å². The Labute approximate surface area is 134 Å². The van der Waals surface area contributed by atoms with Crippen molar-refractivity contribution in [3.63, 3.8) is 0 Å². The quantitative estimate of drug-likeness (QED) is 0.773. The molecular weight excluding hydrogens is 288 g/mol. The molecule has 1 aliphatic carbocycles. The number of benzene rings is 2. The first kappa shape index (κ1) is 13.9. The maximum atomic E-state index is 5.99. The van der Waals surface area contributed by atoms with E-state index < -0.39 is 0 Å². The van der Waals surface area contributed by atoms with Crippen LogP contribution in [0.5, 0.6) is 11.5 Å². The van der Waals surface area contributed by atoms with Gasteiger partial charge in [0.05, 0.1) is 5.69 Å². The van der Waals surface area contributed by atoms with Crippen LogP contribution in [0, 0.1) is 0 Å². The van der Waals surface area contributed by atoms with Crippen molar-refractivity contribution in [2.24, 2.45) is 0 Å². The SMILES string of the molecule is Nc1onc2c1C(c1cccc(Oc3ccccc3)c1)CCC2. The van der Waals surface area contributed by atoms with Crippen LogP contribution in [0.3, 0.4) is 0 Å². The Kier molecular flexibility index (Phi) is 3.50. The molecule has 4 rings (SSSR count). The van der Waals surface area contributed by atoms with E-state index in [0.717, 1.165) is 42.0 Å². The zero-order valence-electron chi connectivity index (χ0n) is 12.7. The van der Waals surface area contributed by atoms with Gasteiger partial charge in [-0.05, 0) is 49.1 Å². The highest BCUT2D eigenvalue weighted by atomic mass is 16.5. The number of nitrogens with two attached hydrogens (primary N) is 1. The fourth-order valence-electron chi connectivity index (χ4n) is 3.27. The van der Waals surface area contributed by atoms with E-state index in [-0.39, 0.29) is 5.92 Å². The van der Waals surface area contributed by atoms with Crippen molar-refractivity contribution in [3.05, 3.63) is 71.4 Å². The van der Waals surface area contributed by atoms with Gasteiger partial charge in [0.2, 0.25) is 5.88 Å². The zero-order valence-corrected chi connectivity index (χ0v) is 12.7. The predicted octanol–water partition coefficient (Wildman–Crippen LogP) is 4.52. The first-order valence-electron chi connectivity index (χ1n) is 7.88. The van der Waals surface area contributed by atoms with Crippen LogP contribution in [-0.4, -0.2) is 5.16 Å². The molecule has 1 atom stereocenters. The molecule has 3 aromatic rings. The third kappa shape index (κ3) is 2.68. The summed E-state index contributed by atoms with van der Waals surface area (Å²) >= 11 is 0. The number of hydrogen-bond acceptors (Lipinski definition) is 4. The van der Waals surface area contributed by atoms with E-state index in [4.69, 9.17) is 15.0 Å². The first-order valence-corrected chi connectivity index (χ1v) is 7.88. The summed E-state index contributed by atoms with van der Waals surface area (Å²) in [6.45, 7) is 0. The minimum Gasteiger partial charge on any atom is -0.457 e. The molecule has 0 aliphatic heterocycles. The van der Waals surface area contributed by atoms with Gasteiger partial charge in [0.15, 0.2) is 0 Å². The molecule has 0 bridgehead atoms. The van der Waals surface area contributed by atoms with Gasteiger partial charge in [0.1, 0.15) is 11.5 Å². The Bertz CT molecular complexity index is 811. The van der Waals surface area contributed by atoms with Crippen LogP contribution >= 0.6 is 0 Å². The third-order valence-electron chi connectivity index (χ3n) is 4.32. The molecule has 0 amide bonds. The summed E-state index contributed by atoms with van der Waals surface area (Å²) in [6, 6.07) is 18.0. The minimum atomic E-state index is 0.226. The third-order valence-corrected chi connectivity index (χ3v) is 4.32. The van der Waals surface area contributed by atoms with Gasteiger partial charge in [-0.2, -0.15) is 0 Å². The lowest BCUT2D eigenvalue weighted by molar-refractivity contribution is 0.427. The maximum Gasteiger partial charge on any atom is 0.226 e. The molecule has 0 saturated carbocycles. The second-order valence-electron chi connectivity index (χ2n) is 5.84. The van der Waals surface area contributed by atoms with Gasteiger partial charge in [-0.15, -0.1) is 0 Å². The van der Waals surface area contributed by atoms with Crippen LogP contribution in [0.4, 0.5) is 5.88 Å². The number of nitrogen functional groups attached to an aromatic ring is 1. The van der Waals surface area contributed by atoms with Crippen molar-refractivity contribution in [1.82, 2.24) is 5.16 Å². The van der Waals surface area contributed by atoms with Crippen molar-refractivity contribution in [3.8, 4) is 11.5 Å². The Morgan fingerprint density at radius 3 is 2.74 bits per heavy atom. The normalized spacial score (nSPS) is 16.8.